The van der Waals surface area contributed by atoms with E-state index in [1.54, 1.807) is 68.7 Å². The Morgan fingerprint density at radius 1 is 1.07 bits per heavy atom. The summed E-state index contributed by atoms with van der Waals surface area (Å²) in [5.74, 6) is -0.105. The number of amides is 2. The van der Waals surface area contributed by atoms with Crippen LogP contribution in [0.15, 0.2) is 59.5 Å². The van der Waals surface area contributed by atoms with Crippen LogP contribution >= 0.6 is 11.8 Å². The summed E-state index contributed by atoms with van der Waals surface area (Å²) in [7, 11) is 0.186. The van der Waals surface area contributed by atoms with Crippen molar-refractivity contribution in [3.8, 4) is 0 Å². The van der Waals surface area contributed by atoms with Gasteiger partial charge in [-0.2, -0.15) is 0 Å². The molecule has 2 amide bonds. The molecule has 7 nitrogen and oxygen atoms in total. The first kappa shape index (κ1) is 21.9. The van der Waals surface area contributed by atoms with Crippen molar-refractivity contribution >= 4 is 50.4 Å². The van der Waals surface area contributed by atoms with E-state index in [2.05, 4.69) is 5.32 Å². The lowest BCUT2D eigenvalue weighted by atomic mass is 10.2. The smallest absolute Gasteiger partial charge is 0.285 e. The summed E-state index contributed by atoms with van der Waals surface area (Å²) < 4.78 is 25.4. The quantitative estimate of drug-likeness (QED) is 0.561. The number of benzene rings is 2. The standard InChI is InChI=1S/C21H23N3O4S2/c1-23(2)21(26)29-19-11-7-17(8-12-19)22-20(25)13-6-16-4-9-18(10-5-16)24-14-3-15-30(24,27)28/h4-13H,3,14-15H2,1-2H3,(H,22,25)/b13-6+. The molecule has 0 spiro atoms. The summed E-state index contributed by atoms with van der Waals surface area (Å²) in [5.41, 5.74) is 2.06. The minimum absolute atomic E-state index is 0.0666. The van der Waals surface area contributed by atoms with E-state index in [0.29, 0.717) is 24.3 Å². The number of hydrogen-bond acceptors (Lipinski definition) is 5. The molecule has 0 aromatic heterocycles. The Morgan fingerprint density at radius 3 is 2.30 bits per heavy atom. The molecule has 1 N–H and O–H groups in total. The van der Waals surface area contributed by atoms with Crippen molar-refractivity contribution in [3.05, 3.63) is 60.2 Å². The summed E-state index contributed by atoms with van der Waals surface area (Å²) in [6.45, 7) is 0.501. The monoisotopic (exact) mass is 445 g/mol. The second kappa shape index (κ2) is 9.36. The summed E-state index contributed by atoms with van der Waals surface area (Å²) in [4.78, 5) is 26.1. The summed E-state index contributed by atoms with van der Waals surface area (Å²) >= 11 is 1.12. The van der Waals surface area contributed by atoms with Gasteiger partial charge < -0.3 is 10.2 Å². The Kier molecular flexibility index (Phi) is 6.84. The maximum Gasteiger partial charge on any atom is 0.285 e. The number of sulfonamides is 1. The zero-order valence-corrected chi connectivity index (χ0v) is 18.4. The molecule has 9 heteroatoms. The number of carbonyl (C=O) groups is 2. The minimum atomic E-state index is -3.20. The fourth-order valence-electron chi connectivity index (χ4n) is 2.84. The molecular weight excluding hydrogens is 422 g/mol. The van der Waals surface area contributed by atoms with E-state index in [9.17, 15) is 18.0 Å². The maximum atomic E-state index is 12.1. The van der Waals surface area contributed by atoms with Crippen LogP contribution in [0.25, 0.3) is 6.08 Å². The minimum Gasteiger partial charge on any atom is -0.339 e. The molecule has 1 saturated heterocycles. The molecule has 30 heavy (non-hydrogen) atoms. The maximum absolute atomic E-state index is 12.1. The third-order valence-electron chi connectivity index (χ3n) is 4.40. The van der Waals surface area contributed by atoms with E-state index in [0.717, 1.165) is 22.2 Å². The third kappa shape index (κ3) is 5.64. The second-order valence-corrected chi connectivity index (χ2v) is 9.98. The molecule has 2 aromatic rings. The molecule has 3 rings (SSSR count). The molecule has 1 aliphatic rings. The molecule has 0 aliphatic carbocycles. The SMILES string of the molecule is CN(C)C(=O)Sc1ccc(NC(=O)/C=C/c2ccc(N3CCCS3(=O)=O)cc2)cc1. The van der Waals surface area contributed by atoms with Gasteiger partial charge in [0.15, 0.2) is 0 Å². The van der Waals surface area contributed by atoms with Gasteiger partial charge in [-0.25, -0.2) is 8.42 Å². The van der Waals surface area contributed by atoms with Crippen molar-refractivity contribution in [1.82, 2.24) is 4.90 Å². The lowest BCUT2D eigenvalue weighted by Gasteiger charge is -2.16. The van der Waals surface area contributed by atoms with E-state index in [-0.39, 0.29) is 16.9 Å². The zero-order chi connectivity index (χ0) is 21.7. The highest BCUT2D eigenvalue weighted by atomic mass is 32.2. The van der Waals surface area contributed by atoms with Crippen LogP contribution in [0.3, 0.4) is 0 Å². The van der Waals surface area contributed by atoms with Gasteiger partial charge in [0, 0.05) is 37.3 Å². The third-order valence-corrected chi connectivity index (χ3v) is 7.32. The predicted octanol–water partition coefficient (Wildman–Crippen LogP) is 3.65. The number of hydrogen-bond donors (Lipinski definition) is 1. The molecule has 2 aromatic carbocycles. The molecule has 158 valence electrons. The molecule has 0 bridgehead atoms. The summed E-state index contributed by atoms with van der Waals surface area (Å²) in [6.07, 6.45) is 3.72. The molecule has 1 aliphatic heterocycles. The van der Waals surface area contributed by atoms with Crippen LogP contribution in [0.4, 0.5) is 16.2 Å². The number of nitrogens with zero attached hydrogens (tertiary/aromatic N) is 2. The van der Waals surface area contributed by atoms with Crippen LogP contribution in [-0.2, 0) is 14.8 Å². The lowest BCUT2D eigenvalue weighted by molar-refractivity contribution is -0.111. The average Bonchev–Trinajstić information content (AvgIpc) is 3.07. The Bertz CT molecular complexity index is 1050. The van der Waals surface area contributed by atoms with Gasteiger partial charge >= 0.3 is 0 Å². The molecule has 0 radical (unpaired) electrons. The van der Waals surface area contributed by atoms with Crippen molar-refractivity contribution in [1.29, 1.82) is 0 Å². The molecule has 0 atom stereocenters. The highest BCUT2D eigenvalue weighted by Crippen LogP contribution is 2.25. The van der Waals surface area contributed by atoms with E-state index in [1.807, 2.05) is 0 Å². The van der Waals surface area contributed by atoms with Crippen molar-refractivity contribution < 1.29 is 18.0 Å². The van der Waals surface area contributed by atoms with E-state index < -0.39 is 10.0 Å². The van der Waals surface area contributed by atoms with Crippen LogP contribution in [0, 0.1) is 0 Å². The van der Waals surface area contributed by atoms with Gasteiger partial charge in [0.05, 0.1) is 11.4 Å². The van der Waals surface area contributed by atoms with E-state index in [1.165, 1.54) is 15.3 Å². The molecule has 1 heterocycles. The van der Waals surface area contributed by atoms with Crippen LogP contribution in [0.1, 0.15) is 12.0 Å². The number of nitrogens with one attached hydrogen (secondary N) is 1. The number of thioether (sulfide) groups is 1. The van der Waals surface area contributed by atoms with Gasteiger partial charge in [0.25, 0.3) is 5.24 Å². The van der Waals surface area contributed by atoms with Crippen LogP contribution in [-0.4, -0.2) is 50.9 Å². The van der Waals surface area contributed by atoms with Gasteiger partial charge in [0.2, 0.25) is 15.9 Å². The fraction of sp³-hybridized carbons (Fsp3) is 0.238. The van der Waals surface area contributed by atoms with Crippen LogP contribution < -0.4 is 9.62 Å². The van der Waals surface area contributed by atoms with E-state index >= 15 is 0 Å². The Labute approximate surface area is 180 Å². The first-order valence-corrected chi connectivity index (χ1v) is 11.8. The van der Waals surface area contributed by atoms with Crippen molar-refractivity contribution in [3.63, 3.8) is 0 Å². The predicted molar refractivity (Wildman–Crippen MR) is 121 cm³/mol. The number of carbonyl (C=O) groups excluding carboxylic acids is 2. The topological polar surface area (TPSA) is 86.8 Å². The van der Waals surface area contributed by atoms with Crippen molar-refractivity contribution in [2.24, 2.45) is 0 Å². The first-order valence-electron chi connectivity index (χ1n) is 9.33. The van der Waals surface area contributed by atoms with Crippen molar-refractivity contribution in [2.75, 3.05) is 36.0 Å². The average molecular weight is 446 g/mol. The Morgan fingerprint density at radius 2 is 1.73 bits per heavy atom. The Hall–Kier alpha value is -2.78. The first-order chi connectivity index (χ1) is 14.2. The normalized spacial score (nSPS) is 15.3. The summed E-state index contributed by atoms with van der Waals surface area (Å²) in [5, 5.41) is 2.70. The second-order valence-electron chi connectivity index (χ2n) is 6.94. The lowest BCUT2D eigenvalue weighted by Crippen LogP contribution is -2.24. The van der Waals surface area contributed by atoms with Crippen LogP contribution in [0.2, 0.25) is 0 Å². The van der Waals surface area contributed by atoms with Gasteiger partial charge in [-0.15, -0.1) is 0 Å². The van der Waals surface area contributed by atoms with Gasteiger partial charge in [-0.05, 0) is 66.2 Å². The van der Waals surface area contributed by atoms with Gasteiger partial charge in [-0.1, -0.05) is 12.1 Å². The molecular formula is C21H23N3O4S2. The number of anilines is 2. The zero-order valence-electron chi connectivity index (χ0n) is 16.7. The number of rotatable bonds is 5. The van der Waals surface area contributed by atoms with Gasteiger partial charge in [0.1, 0.15) is 0 Å². The highest BCUT2D eigenvalue weighted by molar-refractivity contribution is 8.13. The molecule has 0 unspecified atom stereocenters. The summed E-state index contributed by atoms with van der Waals surface area (Å²) in [6, 6.07) is 14.1. The Balaban J connectivity index is 1.56. The van der Waals surface area contributed by atoms with Crippen LogP contribution in [0.5, 0.6) is 0 Å². The molecule has 1 fully saturated rings. The van der Waals surface area contributed by atoms with E-state index in [4.69, 9.17) is 0 Å². The van der Waals surface area contributed by atoms with Gasteiger partial charge in [-0.3, -0.25) is 13.9 Å². The molecule has 0 saturated carbocycles. The fourth-order valence-corrected chi connectivity index (χ4v) is 5.06. The highest BCUT2D eigenvalue weighted by Gasteiger charge is 2.28. The van der Waals surface area contributed by atoms with Crippen molar-refractivity contribution in [2.45, 2.75) is 11.3 Å². The largest absolute Gasteiger partial charge is 0.339 e.